The number of nitrogens with zero attached hydrogens (tertiary/aromatic N) is 1. The van der Waals surface area contributed by atoms with Gasteiger partial charge in [0.1, 0.15) is 11.9 Å². The Bertz CT molecular complexity index is 787. The van der Waals surface area contributed by atoms with Gasteiger partial charge in [0.15, 0.2) is 0 Å². The lowest BCUT2D eigenvalue weighted by Gasteiger charge is -2.29. The van der Waals surface area contributed by atoms with Crippen molar-refractivity contribution in [3.05, 3.63) is 71.0 Å². The molecule has 0 spiro atoms. The number of aryl methyl sites for hydroxylation is 1. The summed E-state index contributed by atoms with van der Waals surface area (Å²) in [5, 5.41) is 2.86. The van der Waals surface area contributed by atoms with Crippen LogP contribution in [0.1, 0.15) is 37.5 Å². The Hall–Kier alpha value is -2.69. The second kappa shape index (κ2) is 9.31. The lowest BCUT2D eigenvalue weighted by atomic mass is 10.1. The first-order valence-corrected chi connectivity index (χ1v) is 9.16. The van der Waals surface area contributed by atoms with Gasteiger partial charge in [-0.05, 0) is 51.0 Å². The van der Waals surface area contributed by atoms with Gasteiger partial charge in [-0.15, -0.1) is 0 Å². The Morgan fingerprint density at radius 3 is 2.30 bits per heavy atom. The highest BCUT2D eigenvalue weighted by Gasteiger charge is 2.26. The fourth-order valence-corrected chi connectivity index (χ4v) is 2.87. The molecular formula is C22H27FN2O2. The zero-order valence-electron chi connectivity index (χ0n) is 16.3. The number of nitrogens with one attached hydrogen (secondary N) is 1. The van der Waals surface area contributed by atoms with E-state index in [1.807, 2.05) is 45.0 Å². The Labute approximate surface area is 160 Å². The summed E-state index contributed by atoms with van der Waals surface area (Å²) < 4.78 is 13.1. The second-order valence-corrected chi connectivity index (χ2v) is 7.15. The molecule has 2 amide bonds. The molecule has 0 aliphatic carbocycles. The smallest absolute Gasteiger partial charge is 0.242 e. The van der Waals surface area contributed by atoms with Gasteiger partial charge in [0.25, 0.3) is 0 Å². The van der Waals surface area contributed by atoms with Gasteiger partial charge >= 0.3 is 0 Å². The van der Waals surface area contributed by atoms with Gasteiger partial charge in [-0.1, -0.05) is 42.0 Å². The van der Waals surface area contributed by atoms with Crippen molar-refractivity contribution in [1.29, 1.82) is 0 Å². The molecule has 2 aromatic rings. The van der Waals surface area contributed by atoms with Crippen LogP contribution in [0, 0.1) is 12.7 Å². The van der Waals surface area contributed by atoms with Crippen LogP contribution in [0.3, 0.4) is 0 Å². The van der Waals surface area contributed by atoms with Crippen molar-refractivity contribution >= 4 is 11.8 Å². The molecule has 144 valence electrons. The van der Waals surface area contributed by atoms with E-state index in [1.54, 1.807) is 24.0 Å². The van der Waals surface area contributed by atoms with Crippen molar-refractivity contribution in [3.8, 4) is 0 Å². The predicted octanol–water partition coefficient (Wildman–Crippen LogP) is 3.62. The molecule has 0 radical (unpaired) electrons. The molecule has 0 saturated heterocycles. The summed E-state index contributed by atoms with van der Waals surface area (Å²) in [7, 11) is 0. The molecule has 2 rings (SSSR count). The van der Waals surface area contributed by atoms with Crippen LogP contribution in [-0.4, -0.2) is 28.8 Å². The standard InChI is InChI=1S/C22H27FN2O2/c1-15(2)24-22(27)17(4)25(14-19-7-5-6-16(3)12-19)21(26)13-18-8-10-20(23)11-9-18/h5-12,15,17H,13-14H2,1-4H3,(H,24,27)/t17-/m1/s1. The van der Waals surface area contributed by atoms with Crippen molar-refractivity contribution in [1.82, 2.24) is 10.2 Å². The number of benzene rings is 2. The lowest BCUT2D eigenvalue weighted by Crippen LogP contribution is -2.49. The zero-order chi connectivity index (χ0) is 20.0. The Morgan fingerprint density at radius 2 is 1.70 bits per heavy atom. The monoisotopic (exact) mass is 370 g/mol. The summed E-state index contributed by atoms with van der Waals surface area (Å²) in [6.07, 6.45) is 0.116. The van der Waals surface area contributed by atoms with Crippen LogP contribution in [0.15, 0.2) is 48.5 Å². The minimum absolute atomic E-state index is 0.00651. The number of halogens is 1. The average Bonchev–Trinajstić information content (AvgIpc) is 2.60. The molecule has 27 heavy (non-hydrogen) atoms. The molecule has 0 unspecified atom stereocenters. The maximum absolute atomic E-state index is 13.1. The first-order valence-electron chi connectivity index (χ1n) is 9.16. The topological polar surface area (TPSA) is 49.4 Å². The van der Waals surface area contributed by atoms with Gasteiger partial charge in [0.05, 0.1) is 6.42 Å². The van der Waals surface area contributed by atoms with Crippen molar-refractivity contribution in [2.75, 3.05) is 0 Å². The highest BCUT2D eigenvalue weighted by atomic mass is 19.1. The first kappa shape index (κ1) is 20.6. The van der Waals surface area contributed by atoms with E-state index in [4.69, 9.17) is 0 Å². The normalized spacial score (nSPS) is 11.9. The number of carbonyl (C=O) groups is 2. The Morgan fingerprint density at radius 1 is 1.04 bits per heavy atom. The molecule has 4 nitrogen and oxygen atoms in total. The fourth-order valence-electron chi connectivity index (χ4n) is 2.87. The largest absolute Gasteiger partial charge is 0.352 e. The minimum atomic E-state index is -0.610. The van der Waals surface area contributed by atoms with Crippen LogP contribution < -0.4 is 5.32 Å². The molecule has 1 N–H and O–H groups in total. The summed E-state index contributed by atoms with van der Waals surface area (Å²) in [5.74, 6) is -0.702. The summed E-state index contributed by atoms with van der Waals surface area (Å²) in [5.41, 5.74) is 2.77. The van der Waals surface area contributed by atoms with E-state index in [0.717, 1.165) is 11.1 Å². The average molecular weight is 370 g/mol. The van der Waals surface area contributed by atoms with E-state index in [9.17, 15) is 14.0 Å². The van der Waals surface area contributed by atoms with E-state index >= 15 is 0 Å². The van der Waals surface area contributed by atoms with E-state index in [0.29, 0.717) is 12.1 Å². The molecular weight excluding hydrogens is 343 g/mol. The predicted molar refractivity (Wildman–Crippen MR) is 105 cm³/mol. The molecule has 0 aliphatic heterocycles. The molecule has 0 aliphatic rings. The van der Waals surface area contributed by atoms with Crippen molar-refractivity contribution in [2.45, 2.75) is 52.7 Å². The molecule has 1 atom stereocenters. The molecule has 0 bridgehead atoms. The van der Waals surface area contributed by atoms with E-state index in [2.05, 4.69) is 5.32 Å². The molecule has 2 aromatic carbocycles. The molecule has 0 fully saturated rings. The number of hydrogen-bond acceptors (Lipinski definition) is 2. The van der Waals surface area contributed by atoms with Gasteiger partial charge in [0.2, 0.25) is 11.8 Å². The fraction of sp³-hybridized carbons (Fsp3) is 0.364. The summed E-state index contributed by atoms with van der Waals surface area (Å²) >= 11 is 0. The quantitative estimate of drug-likeness (QED) is 0.809. The lowest BCUT2D eigenvalue weighted by molar-refractivity contribution is -0.140. The first-order chi connectivity index (χ1) is 12.8. The van der Waals surface area contributed by atoms with Gasteiger partial charge in [-0.2, -0.15) is 0 Å². The van der Waals surface area contributed by atoms with E-state index < -0.39 is 6.04 Å². The third kappa shape index (κ3) is 6.20. The molecule has 0 heterocycles. The summed E-state index contributed by atoms with van der Waals surface area (Å²) in [6, 6.07) is 13.1. The molecule has 5 heteroatoms. The van der Waals surface area contributed by atoms with Crippen molar-refractivity contribution in [3.63, 3.8) is 0 Å². The van der Waals surface area contributed by atoms with Crippen LogP contribution in [0.2, 0.25) is 0 Å². The van der Waals surface area contributed by atoms with Crippen LogP contribution in [0.25, 0.3) is 0 Å². The number of amides is 2. The second-order valence-electron chi connectivity index (χ2n) is 7.15. The zero-order valence-corrected chi connectivity index (χ0v) is 16.3. The number of carbonyl (C=O) groups excluding carboxylic acids is 2. The van der Waals surface area contributed by atoms with E-state index in [-0.39, 0.29) is 30.1 Å². The summed E-state index contributed by atoms with van der Waals surface area (Å²) in [4.78, 5) is 27.0. The third-order valence-electron chi connectivity index (χ3n) is 4.30. The van der Waals surface area contributed by atoms with Gasteiger partial charge in [0, 0.05) is 12.6 Å². The Balaban J connectivity index is 2.22. The number of rotatable bonds is 7. The van der Waals surface area contributed by atoms with Crippen molar-refractivity contribution < 1.29 is 14.0 Å². The van der Waals surface area contributed by atoms with Gasteiger partial charge < -0.3 is 10.2 Å². The maximum Gasteiger partial charge on any atom is 0.242 e. The van der Waals surface area contributed by atoms with Crippen molar-refractivity contribution in [2.24, 2.45) is 0 Å². The van der Waals surface area contributed by atoms with Crippen LogP contribution in [0.5, 0.6) is 0 Å². The minimum Gasteiger partial charge on any atom is -0.352 e. The maximum atomic E-state index is 13.1. The van der Waals surface area contributed by atoms with Gasteiger partial charge in [-0.25, -0.2) is 4.39 Å². The highest BCUT2D eigenvalue weighted by molar-refractivity contribution is 5.88. The molecule has 0 aromatic heterocycles. The summed E-state index contributed by atoms with van der Waals surface area (Å²) in [6.45, 7) is 7.83. The van der Waals surface area contributed by atoms with E-state index in [1.165, 1.54) is 12.1 Å². The SMILES string of the molecule is Cc1cccc(CN(C(=O)Cc2ccc(F)cc2)[C@H](C)C(=O)NC(C)C)c1. The van der Waals surface area contributed by atoms with Crippen LogP contribution in [-0.2, 0) is 22.6 Å². The van der Waals surface area contributed by atoms with Crippen LogP contribution >= 0.6 is 0 Å². The third-order valence-corrected chi connectivity index (χ3v) is 4.30. The molecule has 0 saturated carbocycles. The Kier molecular flexibility index (Phi) is 7.11. The van der Waals surface area contributed by atoms with Gasteiger partial charge in [-0.3, -0.25) is 9.59 Å². The van der Waals surface area contributed by atoms with Crippen LogP contribution in [0.4, 0.5) is 4.39 Å². The number of hydrogen-bond donors (Lipinski definition) is 1. The highest BCUT2D eigenvalue weighted by Crippen LogP contribution is 2.14.